The van der Waals surface area contributed by atoms with Crippen molar-refractivity contribution in [2.75, 3.05) is 5.32 Å². The monoisotopic (exact) mass is 297 g/mol. The number of thiocarbonyl (C=S) groups is 1. The third-order valence-electron chi connectivity index (χ3n) is 3.19. The van der Waals surface area contributed by atoms with Crippen LogP contribution in [0.25, 0.3) is 0 Å². The smallest absolute Gasteiger partial charge is 0.319 e. The molecular formula is C13H16ClN3OS. The summed E-state index contributed by atoms with van der Waals surface area (Å²) in [6, 6.07) is 5.13. The molecule has 0 radical (unpaired) electrons. The number of halogens is 1. The highest BCUT2D eigenvalue weighted by atomic mass is 35.5. The quantitative estimate of drug-likeness (QED) is 0.751. The molecule has 1 saturated carbocycles. The van der Waals surface area contributed by atoms with E-state index in [0.717, 1.165) is 12.8 Å². The molecule has 0 bridgehead atoms. The molecule has 6 heteroatoms. The molecule has 1 aliphatic carbocycles. The number of hydrogen-bond acceptors (Lipinski definition) is 2. The minimum atomic E-state index is -0.225. The van der Waals surface area contributed by atoms with Crippen LogP contribution in [0, 0.1) is 0 Å². The van der Waals surface area contributed by atoms with Crippen LogP contribution in [-0.4, -0.2) is 17.1 Å². The Bertz CT molecular complexity index is 501. The van der Waals surface area contributed by atoms with Gasteiger partial charge < -0.3 is 16.4 Å². The fourth-order valence-corrected chi connectivity index (χ4v) is 2.54. The van der Waals surface area contributed by atoms with Crippen molar-refractivity contribution in [1.29, 1.82) is 0 Å². The fourth-order valence-electron chi connectivity index (χ4n) is 2.18. The first-order valence-electron chi connectivity index (χ1n) is 6.23. The average Bonchev–Trinajstić information content (AvgIpc) is 2.84. The van der Waals surface area contributed by atoms with Gasteiger partial charge in [-0.1, -0.05) is 36.7 Å². The molecule has 2 amide bonds. The first-order chi connectivity index (χ1) is 9.06. The van der Waals surface area contributed by atoms with Crippen LogP contribution >= 0.6 is 23.8 Å². The van der Waals surface area contributed by atoms with E-state index in [9.17, 15) is 4.79 Å². The fraction of sp³-hybridized carbons (Fsp3) is 0.385. The molecule has 4 nitrogen and oxygen atoms in total. The summed E-state index contributed by atoms with van der Waals surface area (Å²) >= 11 is 10.9. The van der Waals surface area contributed by atoms with E-state index in [1.807, 2.05) is 0 Å². The van der Waals surface area contributed by atoms with Crippen LogP contribution in [0.4, 0.5) is 10.5 Å². The van der Waals surface area contributed by atoms with E-state index in [0.29, 0.717) is 16.3 Å². The molecule has 19 heavy (non-hydrogen) atoms. The second-order valence-corrected chi connectivity index (χ2v) is 5.49. The van der Waals surface area contributed by atoms with Crippen molar-refractivity contribution in [2.24, 2.45) is 5.73 Å². The Morgan fingerprint density at radius 2 is 2.05 bits per heavy atom. The lowest BCUT2D eigenvalue weighted by Crippen LogP contribution is -2.36. The van der Waals surface area contributed by atoms with E-state index in [1.165, 1.54) is 12.8 Å². The van der Waals surface area contributed by atoms with Gasteiger partial charge in [-0.2, -0.15) is 0 Å². The summed E-state index contributed by atoms with van der Waals surface area (Å²) in [6.07, 6.45) is 4.44. The van der Waals surface area contributed by atoms with Gasteiger partial charge in [-0.05, 0) is 31.0 Å². The molecule has 4 N–H and O–H groups in total. The molecule has 0 unspecified atom stereocenters. The number of nitrogens with two attached hydrogens (primary N) is 1. The summed E-state index contributed by atoms with van der Waals surface area (Å²) in [6.45, 7) is 0. The van der Waals surface area contributed by atoms with Crippen LogP contribution in [0.2, 0.25) is 5.02 Å². The zero-order chi connectivity index (χ0) is 13.8. The van der Waals surface area contributed by atoms with Crippen molar-refractivity contribution in [3.05, 3.63) is 28.8 Å². The van der Waals surface area contributed by atoms with Crippen LogP contribution in [0.5, 0.6) is 0 Å². The maximum Gasteiger partial charge on any atom is 0.319 e. The van der Waals surface area contributed by atoms with Gasteiger partial charge in [-0.15, -0.1) is 0 Å². The zero-order valence-electron chi connectivity index (χ0n) is 10.4. The van der Waals surface area contributed by atoms with Crippen molar-refractivity contribution in [3.8, 4) is 0 Å². The third kappa shape index (κ3) is 3.81. The highest BCUT2D eigenvalue weighted by Gasteiger charge is 2.17. The predicted octanol–water partition coefficient (Wildman–Crippen LogP) is 3.04. The lowest BCUT2D eigenvalue weighted by atomic mass is 10.2. The molecule has 2 rings (SSSR count). The summed E-state index contributed by atoms with van der Waals surface area (Å²) in [5.74, 6) is 0. The van der Waals surface area contributed by atoms with Crippen LogP contribution < -0.4 is 16.4 Å². The normalized spacial score (nSPS) is 15.2. The number of benzene rings is 1. The Labute approximate surface area is 122 Å². The summed E-state index contributed by atoms with van der Waals surface area (Å²) in [5.41, 5.74) is 6.75. The van der Waals surface area contributed by atoms with Crippen molar-refractivity contribution in [1.82, 2.24) is 5.32 Å². The molecule has 1 aromatic carbocycles. The number of carbonyl (C=O) groups excluding carboxylic acids is 1. The van der Waals surface area contributed by atoms with E-state index in [2.05, 4.69) is 10.6 Å². The summed E-state index contributed by atoms with van der Waals surface area (Å²) in [7, 11) is 0. The predicted molar refractivity (Wildman–Crippen MR) is 81.7 cm³/mol. The van der Waals surface area contributed by atoms with Gasteiger partial charge in [0.05, 0.1) is 10.7 Å². The second kappa shape index (κ2) is 6.21. The number of anilines is 1. The standard InChI is InChI=1S/C13H16ClN3OS/c14-10-7-8(12(15)19)5-6-11(10)17-13(18)16-9-3-1-2-4-9/h5-7,9H,1-4H2,(H2,15,19)(H2,16,17,18). The number of carbonyl (C=O) groups is 1. The molecule has 0 aliphatic heterocycles. The molecule has 102 valence electrons. The lowest BCUT2D eigenvalue weighted by Gasteiger charge is -2.14. The van der Waals surface area contributed by atoms with Gasteiger partial charge >= 0.3 is 6.03 Å². The van der Waals surface area contributed by atoms with Crippen LogP contribution in [0.1, 0.15) is 31.2 Å². The Morgan fingerprint density at radius 1 is 1.37 bits per heavy atom. The lowest BCUT2D eigenvalue weighted by molar-refractivity contribution is 0.248. The van der Waals surface area contributed by atoms with Gasteiger partial charge in [0.2, 0.25) is 0 Å². The van der Waals surface area contributed by atoms with Crippen LogP contribution in [0.3, 0.4) is 0 Å². The Kier molecular flexibility index (Phi) is 4.61. The molecular weight excluding hydrogens is 282 g/mol. The van der Waals surface area contributed by atoms with E-state index in [1.54, 1.807) is 18.2 Å². The molecule has 0 heterocycles. The van der Waals surface area contributed by atoms with Crippen molar-refractivity contribution in [3.63, 3.8) is 0 Å². The summed E-state index contributed by atoms with van der Waals surface area (Å²) in [5, 5.41) is 6.09. The van der Waals surface area contributed by atoms with Gasteiger partial charge in [0.25, 0.3) is 0 Å². The van der Waals surface area contributed by atoms with E-state index in [-0.39, 0.29) is 17.1 Å². The minimum Gasteiger partial charge on any atom is -0.389 e. The molecule has 1 fully saturated rings. The second-order valence-electron chi connectivity index (χ2n) is 4.64. The van der Waals surface area contributed by atoms with Gasteiger partial charge in [0.15, 0.2) is 0 Å². The number of urea groups is 1. The van der Waals surface area contributed by atoms with E-state index >= 15 is 0 Å². The van der Waals surface area contributed by atoms with E-state index in [4.69, 9.17) is 29.6 Å². The van der Waals surface area contributed by atoms with Crippen molar-refractivity contribution < 1.29 is 4.79 Å². The Hall–Kier alpha value is -1.33. The zero-order valence-corrected chi connectivity index (χ0v) is 12.0. The molecule has 1 aromatic rings. The van der Waals surface area contributed by atoms with E-state index < -0.39 is 0 Å². The highest BCUT2D eigenvalue weighted by Crippen LogP contribution is 2.23. The summed E-state index contributed by atoms with van der Waals surface area (Å²) < 4.78 is 0. The maximum atomic E-state index is 11.8. The number of amides is 2. The number of nitrogens with one attached hydrogen (secondary N) is 2. The van der Waals surface area contributed by atoms with Gasteiger partial charge in [-0.25, -0.2) is 4.79 Å². The van der Waals surface area contributed by atoms with Crippen molar-refractivity contribution in [2.45, 2.75) is 31.7 Å². The first kappa shape index (κ1) is 14.1. The summed E-state index contributed by atoms with van der Waals surface area (Å²) in [4.78, 5) is 12.1. The molecule has 1 aliphatic rings. The van der Waals surface area contributed by atoms with Crippen LogP contribution in [-0.2, 0) is 0 Å². The van der Waals surface area contributed by atoms with Crippen molar-refractivity contribution >= 4 is 40.5 Å². The molecule has 0 spiro atoms. The highest BCUT2D eigenvalue weighted by molar-refractivity contribution is 7.80. The van der Waals surface area contributed by atoms with Crippen LogP contribution in [0.15, 0.2) is 18.2 Å². The molecule has 0 aromatic heterocycles. The topological polar surface area (TPSA) is 67.1 Å². The van der Waals surface area contributed by atoms with Gasteiger partial charge in [0.1, 0.15) is 4.99 Å². The van der Waals surface area contributed by atoms with Gasteiger partial charge in [0, 0.05) is 11.6 Å². The number of hydrogen-bond donors (Lipinski definition) is 3. The Balaban J connectivity index is 1.98. The third-order valence-corrected chi connectivity index (χ3v) is 3.74. The first-order valence-corrected chi connectivity index (χ1v) is 7.02. The number of rotatable bonds is 3. The molecule has 0 saturated heterocycles. The van der Waals surface area contributed by atoms with Gasteiger partial charge in [-0.3, -0.25) is 0 Å². The SMILES string of the molecule is NC(=S)c1ccc(NC(=O)NC2CCCC2)c(Cl)c1. The maximum absolute atomic E-state index is 11.8. The average molecular weight is 298 g/mol. The Morgan fingerprint density at radius 3 is 2.63 bits per heavy atom. The minimum absolute atomic E-state index is 0.225. The largest absolute Gasteiger partial charge is 0.389 e. The molecule has 0 atom stereocenters.